The van der Waals surface area contributed by atoms with Crippen LogP contribution in [0.15, 0.2) is 71.6 Å². The van der Waals surface area contributed by atoms with E-state index in [9.17, 15) is 19.5 Å². The maximum Gasteiger partial charge on any atom is 0.408 e. The summed E-state index contributed by atoms with van der Waals surface area (Å²) in [5.74, 6) is -0.368. The number of rotatable bonds is 6. The molecule has 0 spiro atoms. The van der Waals surface area contributed by atoms with Gasteiger partial charge in [0.25, 0.3) is 5.91 Å². The molecule has 0 unspecified atom stereocenters. The number of alkyl carbamates (subject to hydrolysis) is 1. The Bertz CT molecular complexity index is 1330. The lowest BCUT2D eigenvalue weighted by Crippen LogP contribution is -2.50. The minimum absolute atomic E-state index is 0.0792. The van der Waals surface area contributed by atoms with Crippen molar-refractivity contribution in [1.82, 2.24) is 5.32 Å². The zero-order valence-electron chi connectivity index (χ0n) is 21.7. The van der Waals surface area contributed by atoms with Crippen molar-refractivity contribution in [2.75, 3.05) is 17.8 Å². The highest BCUT2D eigenvalue weighted by molar-refractivity contribution is 7.99. The van der Waals surface area contributed by atoms with Gasteiger partial charge in [0, 0.05) is 10.6 Å². The Morgan fingerprint density at radius 3 is 2.24 bits per heavy atom. The van der Waals surface area contributed by atoms with Crippen molar-refractivity contribution in [3.05, 3.63) is 77.9 Å². The predicted molar refractivity (Wildman–Crippen MR) is 147 cm³/mol. The number of hydrogen-bond acceptors (Lipinski definition) is 6. The summed E-state index contributed by atoms with van der Waals surface area (Å²) in [6, 6.07) is 19.4. The molecule has 2 amide bonds. The molecule has 0 saturated heterocycles. The van der Waals surface area contributed by atoms with Crippen LogP contribution in [0.1, 0.15) is 36.7 Å². The fraction of sp³-hybridized carbons (Fsp3) is 0.276. The zero-order valence-corrected chi connectivity index (χ0v) is 22.5. The molecule has 0 saturated carbocycles. The molecule has 3 aromatic rings. The Morgan fingerprint density at radius 1 is 1.03 bits per heavy atom. The molecule has 0 radical (unpaired) electrons. The number of methoxy groups -OCH3 is 1. The molecule has 1 aliphatic rings. The first-order valence-corrected chi connectivity index (χ1v) is 13.1. The van der Waals surface area contributed by atoms with E-state index in [-0.39, 0.29) is 23.8 Å². The van der Waals surface area contributed by atoms with Crippen LogP contribution in [0.25, 0.3) is 11.1 Å². The lowest BCUT2D eigenvalue weighted by Gasteiger charge is -2.27. The van der Waals surface area contributed by atoms with Crippen LogP contribution >= 0.6 is 11.8 Å². The van der Waals surface area contributed by atoms with E-state index in [4.69, 9.17) is 9.47 Å². The monoisotopic (exact) mass is 534 g/mol. The van der Waals surface area contributed by atoms with Crippen molar-refractivity contribution in [2.24, 2.45) is 0 Å². The molecule has 4 rings (SSSR count). The molecule has 0 aromatic heterocycles. The summed E-state index contributed by atoms with van der Waals surface area (Å²) in [4.78, 5) is 40.2. The van der Waals surface area contributed by atoms with Crippen LogP contribution < -0.4 is 15.0 Å². The molecule has 0 fully saturated rings. The smallest absolute Gasteiger partial charge is 0.408 e. The number of fused-ring (bicyclic) bond motifs is 1. The molecule has 0 aliphatic carbocycles. The highest BCUT2D eigenvalue weighted by Gasteiger charge is 2.33. The summed E-state index contributed by atoms with van der Waals surface area (Å²) in [6.07, 6.45) is -0.683. The van der Waals surface area contributed by atoms with E-state index in [1.54, 1.807) is 33.9 Å². The van der Waals surface area contributed by atoms with Crippen LogP contribution in [-0.4, -0.2) is 47.6 Å². The van der Waals surface area contributed by atoms with Crippen molar-refractivity contribution in [3.8, 4) is 16.9 Å². The van der Waals surface area contributed by atoms with Crippen LogP contribution in [0.3, 0.4) is 0 Å². The first-order valence-electron chi connectivity index (χ1n) is 12.1. The molecule has 8 nitrogen and oxygen atoms in total. The van der Waals surface area contributed by atoms with E-state index in [1.807, 2.05) is 48.5 Å². The van der Waals surface area contributed by atoms with Crippen molar-refractivity contribution in [2.45, 2.75) is 43.9 Å². The van der Waals surface area contributed by atoms with E-state index < -0.39 is 23.7 Å². The first-order chi connectivity index (χ1) is 18.0. The molecule has 0 bridgehead atoms. The fourth-order valence-corrected chi connectivity index (χ4v) is 5.07. The van der Waals surface area contributed by atoms with Gasteiger partial charge in [0.2, 0.25) is 0 Å². The fourth-order valence-electron chi connectivity index (χ4n) is 4.02. The molecular weight excluding hydrogens is 504 g/mol. The number of nitrogens with zero attached hydrogens (tertiary/aromatic N) is 1. The van der Waals surface area contributed by atoms with Gasteiger partial charge in [-0.15, -0.1) is 11.8 Å². The Morgan fingerprint density at radius 2 is 1.66 bits per heavy atom. The van der Waals surface area contributed by atoms with Gasteiger partial charge in [0.1, 0.15) is 17.4 Å². The largest absolute Gasteiger partial charge is 0.497 e. The SMILES string of the molecule is COc1ccc(-c2ccc(CN3C(=O)[C@@H](NC(=O)OC(C)(C)C)CSc4ccc(C(=O)O)cc43)cc2)cc1. The van der Waals surface area contributed by atoms with Gasteiger partial charge in [0.15, 0.2) is 0 Å². The Balaban J connectivity index is 1.63. The number of carboxylic acids is 1. The van der Waals surface area contributed by atoms with Crippen LogP contribution in [0.2, 0.25) is 0 Å². The van der Waals surface area contributed by atoms with Crippen molar-refractivity contribution < 1.29 is 29.0 Å². The van der Waals surface area contributed by atoms with Crippen LogP contribution in [0.5, 0.6) is 5.75 Å². The van der Waals surface area contributed by atoms with Gasteiger partial charge in [0.05, 0.1) is 24.9 Å². The normalized spacial score (nSPS) is 15.3. The maximum absolute atomic E-state index is 13.7. The highest BCUT2D eigenvalue weighted by atomic mass is 32.2. The van der Waals surface area contributed by atoms with Gasteiger partial charge >= 0.3 is 12.1 Å². The number of carbonyl (C=O) groups excluding carboxylic acids is 2. The number of ether oxygens (including phenoxy) is 2. The number of hydrogen-bond donors (Lipinski definition) is 2. The zero-order chi connectivity index (χ0) is 27.4. The van der Waals surface area contributed by atoms with Crippen LogP contribution in [0.4, 0.5) is 10.5 Å². The first kappa shape index (κ1) is 27.1. The molecule has 198 valence electrons. The summed E-state index contributed by atoms with van der Waals surface area (Å²) < 4.78 is 10.6. The number of carboxylic acid groups (broad SMARTS) is 1. The topological polar surface area (TPSA) is 105 Å². The molecule has 1 aliphatic heterocycles. The average Bonchev–Trinajstić information content (AvgIpc) is 3.00. The van der Waals surface area contributed by atoms with E-state index in [1.165, 1.54) is 28.8 Å². The summed E-state index contributed by atoms with van der Waals surface area (Å²) in [6.45, 7) is 5.45. The van der Waals surface area contributed by atoms with Gasteiger partial charge in [-0.2, -0.15) is 0 Å². The second-order valence-corrected chi connectivity index (χ2v) is 10.9. The third-order valence-electron chi connectivity index (χ3n) is 5.88. The Kier molecular flexibility index (Phi) is 7.97. The second-order valence-electron chi connectivity index (χ2n) is 9.85. The van der Waals surface area contributed by atoms with Crippen molar-refractivity contribution in [1.29, 1.82) is 0 Å². The summed E-state index contributed by atoms with van der Waals surface area (Å²) >= 11 is 1.38. The van der Waals surface area contributed by atoms with Gasteiger partial charge in [-0.05, 0) is 67.8 Å². The number of carbonyl (C=O) groups is 3. The van der Waals surface area contributed by atoms with Crippen molar-refractivity contribution >= 4 is 35.4 Å². The van der Waals surface area contributed by atoms with E-state index in [0.717, 1.165) is 27.3 Å². The minimum atomic E-state index is -1.08. The number of nitrogens with one attached hydrogen (secondary N) is 1. The van der Waals surface area contributed by atoms with Crippen molar-refractivity contribution in [3.63, 3.8) is 0 Å². The molecular formula is C29H30N2O6S. The molecule has 2 N–H and O–H groups in total. The summed E-state index contributed by atoms with van der Waals surface area (Å²) in [5, 5.41) is 12.3. The molecule has 38 heavy (non-hydrogen) atoms. The van der Waals surface area contributed by atoms with Gasteiger partial charge in [-0.3, -0.25) is 4.79 Å². The number of thioether (sulfide) groups is 1. The molecule has 3 aromatic carbocycles. The van der Waals surface area contributed by atoms with Crippen LogP contribution in [0, 0.1) is 0 Å². The Hall–Kier alpha value is -3.98. The third-order valence-corrected chi connectivity index (χ3v) is 7.03. The quantitative estimate of drug-likeness (QED) is 0.425. The van der Waals surface area contributed by atoms with E-state index in [2.05, 4.69) is 5.32 Å². The molecule has 1 atom stereocenters. The summed E-state index contributed by atoms with van der Waals surface area (Å²) in [7, 11) is 1.62. The number of aromatic carboxylic acids is 1. The number of anilines is 1. The number of benzene rings is 3. The third kappa shape index (κ3) is 6.47. The standard InChI is InChI=1S/C29H30N2O6S/c1-29(2,3)37-28(35)30-23-17-38-25-14-11-21(27(33)34)15-24(25)31(26(23)32)16-18-5-7-19(8-6-18)20-9-12-22(36-4)13-10-20/h5-15,23H,16-17H2,1-4H3,(H,30,35)(H,33,34)/t23-/m0/s1. The highest BCUT2D eigenvalue weighted by Crippen LogP contribution is 2.36. The minimum Gasteiger partial charge on any atom is -0.497 e. The van der Waals surface area contributed by atoms with Gasteiger partial charge in [-0.1, -0.05) is 36.4 Å². The predicted octanol–water partition coefficient (Wildman–Crippen LogP) is 5.59. The molecule has 9 heteroatoms. The average molecular weight is 535 g/mol. The lowest BCUT2D eigenvalue weighted by atomic mass is 10.0. The van der Waals surface area contributed by atoms with E-state index in [0.29, 0.717) is 5.69 Å². The van der Waals surface area contributed by atoms with Gasteiger partial charge < -0.3 is 24.8 Å². The van der Waals surface area contributed by atoms with Gasteiger partial charge in [-0.25, -0.2) is 9.59 Å². The van der Waals surface area contributed by atoms with Crippen LogP contribution in [-0.2, 0) is 16.1 Å². The Labute approximate surface area is 225 Å². The molecule has 1 heterocycles. The second kappa shape index (κ2) is 11.2. The maximum atomic E-state index is 13.7. The number of amides is 2. The summed E-state index contributed by atoms with van der Waals surface area (Å²) in [5.41, 5.74) is 2.74. The lowest BCUT2D eigenvalue weighted by molar-refractivity contribution is -0.120. The van der Waals surface area contributed by atoms with E-state index >= 15 is 0 Å².